The zero-order chi connectivity index (χ0) is 27.5. The molecule has 2 fully saturated rings. The molecule has 0 amide bonds. The summed E-state index contributed by atoms with van der Waals surface area (Å²) in [7, 11) is 0. The molecule has 3 rings (SSSR count). The molecule has 37 heavy (non-hydrogen) atoms. The van der Waals surface area contributed by atoms with Crippen LogP contribution in [0, 0.1) is 11.3 Å². The van der Waals surface area contributed by atoms with Crippen LogP contribution in [-0.4, -0.2) is 60.3 Å². The zero-order valence-corrected chi connectivity index (χ0v) is 23.8. The quantitative estimate of drug-likeness (QED) is 0.325. The van der Waals surface area contributed by atoms with Crippen LogP contribution in [0.3, 0.4) is 0 Å². The minimum atomic E-state index is -1.64. The molecule has 0 saturated carbocycles. The molecule has 1 aromatic carbocycles. The standard InChI is InChI=1S/C29H45NO7/c1-9-26(7)18-29(35-19-28(20-36-29,24(31)33-11-3)25(32)34-12-4)22(6)27(8,10-2)30(26)37-21(5)23-16-14-13-15-17-23/h13-17,21-22H,9-12,18-20H2,1-8H3. The van der Waals surface area contributed by atoms with Crippen LogP contribution < -0.4 is 0 Å². The van der Waals surface area contributed by atoms with Crippen molar-refractivity contribution < 1.29 is 33.4 Å². The predicted octanol–water partition coefficient (Wildman–Crippen LogP) is 5.21. The Bertz CT molecular complexity index is 909. The van der Waals surface area contributed by atoms with E-state index in [1.54, 1.807) is 13.8 Å². The van der Waals surface area contributed by atoms with Gasteiger partial charge in [0.1, 0.15) is 6.10 Å². The lowest BCUT2D eigenvalue weighted by Gasteiger charge is -2.64. The van der Waals surface area contributed by atoms with E-state index in [1.165, 1.54) is 0 Å². The van der Waals surface area contributed by atoms with Crippen molar-refractivity contribution in [3.63, 3.8) is 0 Å². The number of hydrogen-bond donors (Lipinski definition) is 0. The molecule has 8 heteroatoms. The molecule has 2 aliphatic heterocycles. The Morgan fingerprint density at radius 1 is 0.973 bits per heavy atom. The lowest BCUT2D eigenvalue weighted by molar-refractivity contribution is -0.413. The number of hydrogen-bond acceptors (Lipinski definition) is 8. The number of hydroxylamine groups is 2. The zero-order valence-electron chi connectivity index (χ0n) is 23.8. The van der Waals surface area contributed by atoms with Gasteiger partial charge in [0.15, 0.2) is 5.79 Å². The first kappa shape index (κ1) is 29.6. The van der Waals surface area contributed by atoms with Gasteiger partial charge in [0.25, 0.3) is 0 Å². The molecular formula is C29H45NO7. The highest BCUT2D eigenvalue weighted by Gasteiger charge is 2.66. The summed E-state index contributed by atoms with van der Waals surface area (Å²) >= 11 is 0. The number of esters is 2. The summed E-state index contributed by atoms with van der Waals surface area (Å²) < 4.78 is 23.5. The Hall–Kier alpha value is -2.00. The van der Waals surface area contributed by atoms with Crippen LogP contribution in [0.4, 0.5) is 0 Å². The van der Waals surface area contributed by atoms with E-state index in [0.717, 1.165) is 18.4 Å². The van der Waals surface area contributed by atoms with E-state index < -0.39 is 34.2 Å². The van der Waals surface area contributed by atoms with E-state index in [2.05, 4.69) is 58.7 Å². The van der Waals surface area contributed by atoms with Gasteiger partial charge in [-0.05, 0) is 53.0 Å². The van der Waals surface area contributed by atoms with E-state index in [-0.39, 0.29) is 38.4 Å². The van der Waals surface area contributed by atoms with Crippen LogP contribution in [-0.2, 0) is 33.4 Å². The Morgan fingerprint density at radius 3 is 1.97 bits per heavy atom. The first-order chi connectivity index (χ1) is 17.5. The predicted molar refractivity (Wildman–Crippen MR) is 139 cm³/mol. The fourth-order valence-electron chi connectivity index (χ4n) is 5.71. The number of carbonyl (C=O) groups is 2. The molecule has 2 saturated heterocycles. The number of benzene rings is 1. The van der Waals surface area contributed by atoms with Crippen molar-refractivity contribution in [1.29, 1.82) is 0 Å². The van der Waals surface area contributed by atoms with Crippen molar-refractivity contribution >= 4 is 11.9 Å². The third-order valence-corrected chi connectivity index (χ3v) is 8.64. The van der Waals surface area contributed by atoms with Gasteiger partial charge in [-0.2, -0.15) is 5.06 Å². The van der Waals surface area contributed by atoms with E-state index in [1.807, 2.05) is 18.2 Å². The van der Waals surface area contributed by atoms with E-state index in [0.29, 0.717) is 6.42 Å². The van der Waals surface area contributed by atoms with Gasteiger partial charge >= 0.3 is 11.9 Å². The van der Waals surface area contributed by atoms with Crippen LogP contribution in [0.5, 0.6) is 0 Å². The minimum absolute atomic E-state index is 0.144. The van der Waals surface area contributed by atoms with Crippen molar-refractivity contribution in [3.8, 4) is 0 Å². The average Bonchev–Trinajstić information content (AvgIpc) is 2.91. The van der Waals surface area contributed by atoms with E-state index >= 15 is 0 Å². The van der Waals surface area contributed by atoms with Crippen LogP contribution in [0.1, 0.15) is 86.3 Å². The molecular weight excluding hydrogens is 474 g/mol. The van der Waals surface area contributed by atoms with Crippen molar-refractivity contribution in [3.05, 3.63) is 35.9 Å². The Labute approximate surface area is 221 Å². The maximum absolute atomic E-state index is 13.0. The third-order valence-electron chi connectivity index (χ3n) is 8.64. The van der Waals surface area contributed by atoms with Crippen molar-refractivity contribution in [2.24, 2.45) is 11.3 Å². The number of ether oxygens (including phenoxy) is 4. The molecule has 2 aliphatic rings. The van der Waals surface area contributed by atoms with E-state index in [9.17, 15) is 9.59 Å². The largest absolute Gasteiger partial charge is 0.465 e. The van der Waals surface area contributed by atoms with Crippen molar-refractivity contribution in [1.82, 2.24) is 5.06 Å². The summed E-state index contributed by atoms with van der Waals surface area (Å²) in [5.74, 6) is -2.50. The van der Waals surface area contributed by atoms with E-state index in [4.69, 9.17) is 23.8 Å². The van der Waals surface area contributed by atoms with Gasteiger partial charge < -0.3 is 18.9 Å². The SMILES string of the molecule is CCOC(=O)C1(C(=O)OCC)COC2(CC(C)(CC)N(OC(C)c3ccccc3)C(C)(CC)C2C)OC1. The second-order valence-corrected chi connectivity index (χ2v) is 10.8. The van der Waals surface area contributed by atoms with Gasteiger partial charge in [0.05, 0.1) is 32.0 Å². The smallest absolute Gasteiger partial charge is 0.328 e. The van der Waals surface area contributed by atoms with Crippen molar-refractivity contribution in [2.45, 2.75) is 97.6 Å². The van der Waals surface area contributed by atoms with Gasteiger partial charge in [-0.3, -0.25) is 14.4 Å². The van der Waals surface area contributed by atoms with Crippen LogP contribution in [0.2, 0.25) is 0 Å². The molecule has 2 heterocycles. The molecule has 4 atom stereocenters. The van der Waals surface area contributed by atoms with Gasteiger partial charge in [-0.1, -0.05) is 51.1 Å². The van der Waals surface area contributed by atoms with Crippen LogP contribution >= 0.6 is 0 Å². The monoisotopic (exact) mass is 519 g/mol. The topological polar surface area (TPSA) is 83.5 Å². The number of nitrogens with zero attached hydrogens (tertiary/aromatic N) is 1. The summed E-state index contributed by atoms with van der Waals surface area (Å²) in [6.45, 7) is 16.2. The summed E-state index contributed by atoms with van der Waals surface area (Å²) in [5, 5.41) is 2.17. The third kappa shape index (κ3) is 5.18. The fourth-order valence-corrected chi connectivity index (χ4v) is 5.71. The first-order valence-electron chi connectivity index (χ1n) is 13.6. The molecule has 0 radical (unpaired) electrons. The highest BCUT2D eigenvalue weighted by Crippen LogP contribution is 2.55. The van der Waals surface area contributed by atoms with Gasteiger partial charge in [0.2, 0.25) is 5.41 Å². The molecule has 0 bridgehead atoms. The second kappa shape index (κ2) is 11.4. The van der Waals surface area contributed by atoms with Crippen molar-refractivity contribution in [2.75, 3.05) is 26.4 Å². The first-order valence-corrected chi connectivity index (χ1v) is 13.6. The molecule has 0 aliphatic carbocycles. The molecule has 0 N–H and O–H groups in total. The lowest BCUT2D eigenvalue weighted by Crippen LogP contribution is -2.74. The highest BCUT2D eigenvalue weighted by atomic mass is 16.7. The van der Waals surface area contributed by atoms with Gasteiger partial charge in [-0.25, -0.2) is 0 Å². The maximum Gasteiger partial charge on any atom is 0.328 e. The summed E-state index contributed by atoms with van der Waals surface area (Å²) in [5.41, 5.74) is -1.43. The van der Waals surface area contributed by atoms with Gasteiger partial charge in [0, 0.05) is 17.9 Å². The molecule has 0 aromatic heterocycles. The Kier molecular flexibility index (Phi) is 9.10. The van der Waals surface area contributed by atoms with Crippen LogP contribution in [0.15, 0.2) is 30.3 Å². The molecule has 208 valence electrons. The molecule has 1 spiro atoms. The summed E-state index contributed by atoms with van der Waals surface area (Å²) in [4.78, 5) is 32.7. The second-order valence-electron chi connectivity index (χ2n) is 10.8. The lowest BCUT2D eigenvalue weighted by atomic mass is 9.66. The minimum Gasteiger partial charge on any atom is -0.465 e. The number of rotatable bonds is 9. The Morgan fingerprint density at radius 2 is 1.51 bits per heavy atom. The Balaban J connectivity index is 1.95. The van der Waals surface area contributed by atoms with Crippen LogP contribution in [0.25, 0.3) is 0 Å². The highest BCUT2D eigenvalue weighted by molar-refractivity contribution is 6.00. The summed E-state index contributed by atoms with van der Waals surface area (Å²) in [6.07, 6.45) is 1.93. The summed E-state index contributed by atoms with van der Waals surface area (Å²) in [6, 6.07) is 10.2. The normalized spacial score (nSPS) is 30.0. The fraction of sp³-hybridized carbons (Fsp3) is 0.724. The molecule has 4 unspecified atom stereocenters. The average molecular weight is 520 g/mol. The number of piperidine rings is 1. The number of carbonyl (C=O) groups excluding carboxylic acids is 2. The maximum atomic E-state index is 13.0. The molecule has 8 nitrogen and oxygen atoms in total. The molecule has 1 aromatic rings. The van der Waals surface area contributed by atoms with Gasteiger partial charge in [-0.15, -0.1) is 0 Å².